The third-order valence-electron chi connectivity index (χ3n) is 5.03. The first-order valence-corrected chi connectivity index (χ1v) is 9.43. The summed E-state index contributed by atoms with van der Waals surface area (Å²) in [6.45, 7) is 9.83. The third kappa shape index (κ3) is 3.74. The molecule has 0 aromatic carbocycles. The Labute approximate surface area is 155 Å². The summed E-state index contributed by atoms with van der Waals surface area (Å²) in [6.07, 6.45) is 4.70. The Bertz CT molecular complexity index is 753. The van der Waals surface area contributed by atoms with E-state index in [0.29, 0.717) is 25.0 Å². The SMILES string of the molecule is CC(=O)N1CCC(NC(C)C)=C(C(=N)N2CCCc3cc(C)ncc32)C1. The maximum atomic E-state index is 11.9. The molecule has 0 radical (unpaired) electrons. The fourth-order valence-corrected chi connectivity index (χ4v) is 3.75. The van der Waals surface area contributed by atoms with Gasteiger partial charge in [0.2, 0.25) is 5.91 Å². The molecule has 1 aromatic heterocycles. The highest BCUT2D eigenvalue weighted by Crippen LogP contribution is 2.30. The first-order chi connectivity index (χ1) is 12.4. The minimum Gasteiger partial charge on any atom is -0.386 e. The van der Waals surface area contributed by atoms with Crippen LogP contribution in [0.4, 0.5) is 5.69 Å². The fraction of sp³-hybridized carbons (Fsp3) is 0.550. The summed E-state index contributed by atoms with van der Waals surface area (Å²) in [5, 5.41) is 12.4. The molecule has 140 valence electrons. The number of rotatable bonds is 3. The zero-order valence-electron chi connectivity index (χ0n) is 16.2. The summed E-state index contributed by atoms with van der Waals surface area (Å²) in [7, 11) is 0. The molecule has 1 amide bonds. The van der Waals surface area contributed by atoms with Crippen LogP contribution < -0.4 is 10.2 Å². The van der Waals surface area contributed by atoms with Crippen molar-refractivity contribution in [2.45, 2.75) is 53.0 Å². The summed E-state index contributed by atoms with van der Waals surface area (Å²) in [6, 6.07) is 2.42. The van der Waals surface area contributed by atoms with Crippen molar-refractivity contribution in [1.82, 2.24) is 15.2 Å². The number of aromatic nitrogens is 1. The van der Waals surface area contributed by atoms with Crippen molar-refractivity contribution >= 4 is 17.4 Å². The third-order valence-corrected chi connectivity index (χ3v) is 5.03. The van der Waals surface area contributed by atoms with Crippen LogP contribution in [0.2, 0.25) is 0 Å². The number of hydrogen-bond acceptors (Lipinski definition) is 4. The highest BCUT2D eigenvalue weighted by atomic mass is 16.2. The van der Waals surface area contributed by atoms with E-state index in [1.165, 1.54) is 5.56 Å². The Balaban J connectivity index is 1.95. The van der Waals surface area contributed by atoms with Crippen LogP contribution in [0.1, 0.15) is 44.9 Å². The van der Waals surface area contributed by atoms with Gasteiger partial charge in [0.05, 0.1) is 18.4 Å². The molecule has 1 aromatic rings. The van der Waals surface area contributed by atoms with Gasteiger partial charge >= 0.3 is 0 Å². The minimum atomic E-state index is 0.0650. The molecule has 2 aliphatic rings. The lowest BCUT2D eigenvalue weighted by molar-refractivity contribution is -0.128. The van der Waals surface area contributed by atoms with Gasteiger partial charge in [0.15, 0.2) is 0 Å². The summed E-state index contributed by atoms with van der Waals surface area (Å²) in [5.41, 5.74) is 5.32. The molecule has 0 saturated heterocycles. The Morgan fingerprint density at radius 2 is 2.08 bits per heavy atom. The Hall–Kier alpha value is -2.37. The second-order valence-electron chi connectivity index (χ2n) is 7.50. The average molecular weight is 355 g/mol. The summed E-state index contributed by atoms with van der Waals surface area (Å²) in [5.74, 6) is 0.556. The molecule has 0 atom stereocenters. The number of nitrogens with zero attached hydrogens (tertiary/aromatic N) is 3. The van der Waals surface area contributed by atoms with Crippen LogP contribution >= 0.6 is 0 Å². The van der Waals surface area contributed by atoms with Gasteiger partial charge < -0.3 is 15.1 Å². The Morgan fingerprint density at radius 1 is 1.31 bits per heavy atom. The highest BCUT2D eigenvalue weighted by Gasteiger charge is 2.29. The lowest BCUT2D eigenvalue weighted by Gasteiger charge is -2.37. The number of fused-ring (bicyclic) bond motifs is 1. The van der Waals surface area contributed by atoms with E-state index in [0.717, 1.165) is 48.5 Å². The molecule has 26 heavy (non-hydrogen) atoms. The molecule has 2 N–H and O–H groups in total. The standard InChI is InChI=1S/C20H29N5O/c1-13(2)23-18-7-9-24(15(4)26)12-17(18)20(21)25-8-5-6-16-10-14(3)22-11-19(16)25/h10-11,13,21,23H,5-9,12H2,1-4H3. The molecule has 0 aliphatic carbocycles. The number of amides is 1. The number of aryl methyl sites for hydroxylation is 2. The molecular formula is C20H29N5O. The first kappa shape index (κ1) is 18.4. The lowest BCUT2D eigenvalue weighted by atomic mass is 9.98. The number of amidine groups is 1. The van der Waals surface area contributed by atoms with E-state index >= 15 is 0 Å². The Morgan fingerprint density at radius 3 is 2.77 bits per heavy atom. The molecular weight excluding hydrogens is 326 g/mol. The van der Waals surface area contributed by atoms with E-state index in [1.807, 2.05) is 18.0 Å². The molecule has 0 spiro atoms. The van der Waals surface area contributed by atoms with Gasteiger partial charge in [-0.3, -0.25) is 15.2 Å². The van der Waals surface area contributed by atoms with E-state index in [1.54, 1.807) is 6.92 Å². The van der Waals surface area contributed by atoms with Crippen LogP contribution in [0.15, 0.2) is 23.5 Å². The van der Waals surface area contributed by atoms with Crippen molar-refractivity contribution in [2.75, 3.05) is 24.5 Å². The fourth-order valence-electron chi connectivity index (χ4n) is 3.75. The van der Waals surface area contributed by atoms with Crippen LogP contribution in [0.25, 0.3) is 0 Å². The van der Waals surface area contributed by atoms with Gasteiger partial charge in [-0.05, 0) is 45.2 Å². The zero-order chi connectivity index (χ0) is 18.8. The summed E-state index contributed by atoms with van der Waals surface area (Å²) < 4.78 is 0. The molecule has 6 heteroatoms. The zero-order valence-corrected chi connectivity index (χ0v) is 16.2. The maximum absolute atomic E-state index is 11.9. The second kappa shape index (κ2) is 7.48. The van der Waals surface area contributed by atoms with Crippen LogP contribution in [0, 0.1) is 12.3 Å². The lowest BCUT2D eigenvalue weighted by Crippen LogP contribution is -2.45. The van der Waals surface area contributed by atoms with E-state index in [4.69, 9.17) is 5.41 Å². The molecule has 2 aliphatic heterocycles. The smallest absolute Gasteiger partial charge is 0.219 e. The van der Waals surface area contributed by atoms with E-state index in [-0.39, 0.29) is 5.91 Å². The maximum Gasteiger partial charge on any atom is 0.219 e. The average Bonchev–Trinajstić information content (AvgIpc) is 2.60. The molecule has 0 fully saturated rings. The molecule has 0 bridgehead atoms. The van der Waals surface area contributed by atoms with Gasteiger partial charge in [-0.2, -0.15) is 0 Å². The minimum absolute atomic E-state index is 0.0650. The predicted octanol–water partition coefficient (Wildman–Crippen LogP) is 2.62. The predicted molar refractivity (Wildman–Crippen MR) is 105 cm³/mol. The number of carbonyl (C=O) groups excluding carboxylic acids is 1. The monoisotopic (exact) mass is 355 g/mol. The van der Waals surface area contributed by atoms with Gasteiger partial charge in [0.25, 0.3) is 0 Å². The number of nitrogens with one attached hydrogen (secondary N) is 2. The van der Waals surface area contributed by atoms with Gasteiger partial charge in [-0.25, -0.2) is 0 Å². The van der Waals surface area contributed by atoms with Crippen LogP contribution in [0.3, 0.4) is 0 Å². The van der Waals surface area contributed by atoms with Gasteiger partial charge in [0, 0.05) is 49.4 Å². The molecule has 6 nitrogen and oxygen atoms in total. The topological polar surface area (TPSA) is 72.3 Å². The molecule has 0 unspecified atom stereocenters. The Kier molecular flexibility index (Phi) is 5.30. The largest absolute Gasteiger partial charge is 0.386 e. The summed E-state index contributed by atoms with van der Waals surface area (Å²) in [4.78, 5) is 20.2. The van der Waals surface area contributed by atoms with Gasteiger partial charge in [0.1, 0.15) is 5.84 Å². The van der Waals surface area contributed by atoms with Crippen LogP contribution in [-0.4, -0.2) is 47.3 Å². The summed E-state index contributed by atoms with van der Waals surface area (Å²) >= 11 is 0. The van der Waals surface area contributed by atoms with Crippen LogP contribution in [0.5, 0.6) is 0 Å². The normalized spacial score (nSPS) is 17.4. The van der Waals surface area contributed by atoms with Crippen molar-refractivity contribution in [3.8, 4) is 0 Å². The first-order valence-electron chi connectivity index (χ1n) is 9.43. The number of anilines is 1. The van der Waals surface area contributed by atoms with Gasteiger partial charge in [-0.15, -0.1) is 0 Å². The van der Waals surface area contributed by atoms with Gasteiger partial charge in [-0.1, -0.05) is 0 Å². The molecule has 3 rings (SSSR count). The van der Waals surface area contributed by atoms with E-state index in [9.17, 15) is 4.79 Å². The van der Waals surface area contributed by atoms with Crippen molar-refractivity contribution < 1.29 is 4.79 Å². The van der Waals surface area contributed by atoms with Crippen LogP contribution in [-0.2, 0) is 11.2 Å². The second-order valence-corrected chi connectivity index (χ2v) is 7.50. The van der Waals surface area contributed by atoms with E-state index in [2.05, 4.69) is 35.1 Å². The van der Waals surface area contributed by atoms with Crippen molar-refractivity contribution in [1.29, 1.82) is 5.41 Å². The van der Waals surface area contributed by atoms with Crippen molar-refractivity contribution in [3.63, 3.8) is 0 Å². The van der Waals surface area contributed by atoms with Crippen molar-refractivity contribution in [2.24, 2.45) is 0 Å². The number of carbonyl (C=O) groups is 1. The number of hydrogen-bond donors (Lipinski definition) is 2. The quantitative estimate of drug-likeness (QED) is 0.646. The highest BCUT2D eigenvalue weighted by molar-refractivity contribution is 6.09. The molecule has 0 saturated carbocycles. The molecule has 3 heterocycles. The number of pyridine rings is 1. The van der Waals surface area contributed by atoms with Crippen molar-refractivity contribution in [3.05, 3.63) is 34.8 Å². The van der Waals surface area contributed by atoms with E-state index < -0.39 is 0 Å².